The Labute approximate surface area is 209 Å². The molecule has 2 amide bonds. The lowest BCUT2D eigenvalue weighted by Gasteiger charge is -2.32. The summed E-state index contributed by atoms with van der Waals surface area (Å²) in [5.41, 5.74) is 3.12. The van der Waals surface area contributed by atoms with Gasteiger partial charge in [-0.1, -0.05) is 41.6 Å². The monoisotopic (exact) mass is 487 g/mol. The molecular weight excluding hydrogens is 458 g/mol. The molecule has 0 saturated carbocycles. The number of carbonyl (C=O) groups excluding carboxylic acids is 2. The molecule has 2 aromatic carbocycles. The summed E-state index contributed by atoms with van der Waals surface area (Å²) in [6, 6.07) is 17.8. The molecule has 9 heteroatoms. The number of rotatable bonds is 9. The number of furan rings is 1. The molecule has 2 atom stereocenters. The van der Waals surface area contributed by atoms with E-state index in [-0.39, 0.29) is 31.0 Å². The highest BCUT2D eigenvalue weighted by atomic mass is 16.5. The van der Waals surface area contributed by atoms with E-state index in [1.54, 1.807) is 28.0 Å². The smallest absolute Gasteiger partial charge is 0.247 e. The third-order valence-corrected chi connectivity index (χ3v) is 6.50. The standard InChI is InChI=1S/C27H29N5O4/c1-19-8-2-3-11-22(19)26(27(34)28-16-20-9-6-14-35-20)31(17-21-10-7-15-36-21)25(33)18-32-24-13-5-4-12-23(24)29-30-32/h2-5,7-8,10-13,15,20,26H,6,9,14,16-18H2,1H3,(H,28,34)/t20-,26+/m0/s1. The van der Waals surface area contributed by atoms with Gasteiger partial charge >= 0.3 is 0 Å². The molecule has 2 aromatic heterocycles. The van der Waals surface area contributed by atoms with Gasteiger partial charge in [-0.05, 0) is 55.2 Å². The predicted molar refractivity (Wildman–Crippen MR) is 133 cm³/mol. The average Bonchev–Trinajstić information content (AvgIpc) is 3.67. The van der Waals surface area contributed by atoms with Gasteiger partial charge in [0.1, 0.15) is 23.9 Å². The summed E-state index contributed by atoms with van der Waals surface area (Å²) in [4.78, 5) is 29.1. The van der Waals surface area contributed by atoms with Crippen LogP contribution in [0.25, 0.3) is 11.0 Å². The van der Waals surface area contributed by atoms with Crippen LogP contribution in [0.1, 0.15) is 35.8 Å². The van der Waals surface area contributed by atoms with Crippen molar-refractivity contribution in [3.8, 4) is 0 Å². The van der Waals surface area contributed by atoms with Crippen LogP contribution in [-0.4, -0.2) is 51.0 Å². The fraction of sp³-hybridized carbons (Fsp3) is 0.333. The van der Waals surface area contributed by atoms with Crippen molar-refractivity contribution in [2.24, 2.45) is 0 Å². The largest absolute Gasteiger partial charge is 0.467 e. The number of ether oxygens (including phenoxy) is 1. The quantitative estimate of drug-likeness (QED) is 0.388. The molecule has 1 saturated heterocycles. The van der Waals surface area contributed by atoms with Gasteiger partial charge in [-0.25, -0.2) is 4.68 Å². The number of hydrogen-bond acceptors (Lipinski definition) is 6. The number of carbonyl (C=O) groups is 2. The summed E-state index contributed by atoms with van der Waals surface area (Å²) in [6.45, 7) is 3.11. The van der Waals surface area contributed by atoms with Gasteiger partial charge in [0.2, 0.25) is 11.8 Å². The number of fused-ring (bicyclic) bond motifs is 1. The second-order valence-electron chi connectivity index (χ2n) is 8.98. The van der Waals surface area contributed by atoms with E-state index in [2.05, 4.69) is 15.6 Å². The number of aromatic nitrogens is 3. The van der Waals surface area contributed by atoms with E-state index < -0.39 is 6.04 Å². The zero-order valence-corrected chi connectivity index (χ0v) is 20.2. The number of amides is 2. The maximum atomic E-state index is 13.9. The van der Waals surface area contributed by atoms with Gasteiger partial charge in [-0.2, -0.15) is 0 Å². The minimum absolute atomic E-state index is 0.0118. The normalized spacial score (nSPS) is 16.2. The highest BCUT2D eigenvalue weighted by Gasteiger charge is 2.34. The summed E-state index contributed by atoms with van der Waals surface area (Å²) in [6.07, 6.45) is 3.44. The Morgan fingerprint density at radius 1 is 1.14 bits per heavy atom. The van der Waals surface area contributed by atoms with Gasteiger partial charge in [-0.15, -0.1) is 5.10 Å². The van der Waals surface area contributed by atoms with Crippen molar-refractivity contribution >= 4 is 22.8 Å². The van der Waals surface area contributed by atoms with Crippen LogP contribution in [0.3, 0.4) is 0 Å². The molecule has 3 heterocycles. The lowest BCUT2D eigenvalue weighted by atomic mass is 9.98. The lowest BCUT2D eigenvalue weighted by molar-refractivity contribution is -0.142. The lowest BCUT2D eigenvalue weighted by Crippen LogP contribution is -2.46. The Hall–Kier alpha value is -3.98. The third kappa shape index (κ3) is 5.16. The molecule has 0 spiro atoms. The second kappa shape index (κ2) is 10.7. The molecule has 1 aliphatic rings. The van der Waals surface area contributed by atoms with Crippen LogP contribution in [0, 0.1) is 6.92 Å². The summed E-state index contributed by atoms with van der Waals surface area (Å²) >= 11 is 0. The molecule has 9 nitrogen and oxygen atoms in total. The number of nitrogens with one attached hydrogen (secondary N) is 1. The van der Waals surface area contributed by atoms with E-state index in [1.807, 2.05) is 55.5 Å². The molecule has 1 aliphatic heterocycles. The Balaban J connectivity index is 1.48. The van der Waals surface area contributed by atoms with Crippen molar-refractivity contribution in [1.29, 1.82) is 0 Å². The number of benzene rings is 2. The van der Waals surface area contributed by atoms with E-state index in [4.69, 9.17) is 9.15 Å². The van der Waals surface area contributed by atoms with Gasteiger partial charge < -0.3 is 19.4 Å². The first-order valence-electron chi connectivity index (χ1n) is 12.1. The second-order valence-corrected chi connectivity index (χ2v) is 8.98. The van der Waals surface area contributed by atoms with Crippen molar-refractivity contribution in [1.82, 2.24) is 25.2 Å². The number of para-hydroxylation sites is 1. The van der Waals surface area contributed by atoms with Crippen LogP contribution in [0.2, 0.25) is 0 Å². The topological polar surface area (TPSA) is 102 Å². The maximum absolute atomic E-state index is 13.9. The van der Waals surface area contributed by atoms with Crippen LogP contribution < -0.4 is 5.32 Å². The summed E-state index contributed by atoms with van der Waals surface area (Å²) in [5, 5.41) is 11.4. The molecule has 36 heavy (non-hydrogen) atoms. The van der Waals surface area contributed by atoms with E-state index in [0.29, 0.717) is 24.4 Å². The molecule has 4 aromatic rings. The van der Waals surface area contributed by atoms with E-state index in [0.717, 1.165) is 29.5 Å². The van der Waals surface area contributed by atoms with Gasteiger partial charge in [0, 0.05) is 13.2 Å². The molecule has 5 rings (SSSR count). The minimum Gasteiger partial charge on any atom is -0.467 e. The van der Waals surface area contributed by atoms with Crippen LogP contribution >= 0.6 is 0 Å². The number of hydrogen-bond donors (Lipinski definition) is 1. The van der Waals surface area contributed by atoms with E-state index in [9.17, 15) is 9.59 Å². The molecule has 0 unspecified atom stereocenters. The first-order valence-corrected chi connectivity index (χ1v) is 12.1. The molecule has 1 N–H and O–H groups in total. The summed E-state index contributed by atoms with van der Waals surface area (Å²) < 4.78 is 12.8. The van der Waals surface area contributed by atoms with Crippen LogP contribution in [0.5, 0.6) is 0 Å². The van der Waals surface area contributed by atoms with E-state index >= 15 is 0 Å². The Kier molecular flexibility index (Phi) is 7.08. The zero-order valence-electron chi connectivity index (χ0n) is 20.2. The summed E-state index contributed by atoms with van der Waals surface area (Å²) in [7, 11) is 0. The molecule has 186 valence electrons. The minimum atomic E-state index is -0.861. The molecular formula is C27H29N5O4. The molecule has 0 radical (unpaired) electrons. The third-order valence-electron chi connectivity index (χ3n) is 6.50. The van der Waals surface area contributed by atoms with Gasteiger partial charge in [0.15, 0.2) is 0 Å². The van der Waals surface area contributed by atoms with Gasteiger partial charge in [-0.3, -0.25) is 9.59 Å². The van der Waals surface area contributed by atoms with Crippen molar-refractivity contribution in [3.63, 3.8) is 0 Å². The van der Waals surface area contributed by atoms with Crippen molar-refractivity contribution in [3.05, 3.63) is 83.8 Å². The van der Waals surface area contributed by atoms with Crippen LogP contribution in [0.4, 0.5) is 0 Å². The van der Waals surface area contributed by atoms with Gasteiger partial charge in [0.25, 0.3) is 0 Å². The number of aryl methyl sites for hydroxylation is 1. The maximum Gasteiger partial charge on any atom is 0.247 e. The fourth-order valence-electron chi connectivity index (χ4n) is 4.61. The molecule has 0 aliphatic carbocycles. The first-order chi connectivity index (χ1) is 17.6. The highest BCUT2D eigenvalue weighted by Crippen LogP contribution is 2.27. The molecule has 0 bridgehead atoms. The Morgan fingerprint density at radius 3 is 2.75 bits per heavy atom. The fourth-order valence-corrected chi connectivity index (χ4v) is 4.61. The van der Waals surface area contributed by atoms with Crippen LogP contribution in [0.15, 0.2) is 71.3 Å². The molecule has 1 fully saturated rings. The highest BCUT2D eigenvalue weighted by molar-refractivity contribution is 5.89. The zero-order chi connectivity index (χ0) is 24.9. The summed E-state index contributed by atoms with van der Waals surface area (Å²) in [5.74, 6) is 0.0445. The average molecular weight is 488 g/mol. The SMILES string of the molecule is Cc1ccccc1[C@H](C(=O)NC[C@@H]1CCCO1)N(Cc1ccco1)C(=O)Cn1nnc2ccccc21. The first kappa shape index (κ1) is 23.7. The van der Waals surface area contributed by atoms with Crippen LogP contribution in [-0.2, 0) is 27.4 Å². The van der Waals surface area contributed by atoms with Crippen molar-refractivity contribution in [2.45, 2.75) is 45.0 Å². The van der Waals surface area contributed by atoms with Crippen molar-refractivity contribution in [2.75, 3.05) is 13.2 Å². The van der Waals surface area contributed by atoms with E-state index in [1.165, 1.54) is 0 Å². The Bertz CT molecular complexity index is 1330. The predicted octanol–water partition coefficient (Wildman–Crippen LogP) is 3.40. The number of nitrogens with zero attached hydrogens (tertiary/aromatic N) is 4. The van der Waals surface area contributed by atoms with Crippen molar-refractivity contribution < 1.29 is 18.7 Å². The Morgan fingerprint density at radius 2 is 1.97 bits per heavy atom. The van der Waals surface area contributed by atoms with Gasteiger partial charge in [0.05, 0.1) is 24.4 Å².